The van der Waals surface area contributed by atoms with Gasteiger partial charge in [0.1, 0.15) is 0 Å². The first-order valence-corrected chi connectivity index (χ1v) is 6.82. The number of fused-ring (bicyclic) bond motifs is 1. The van der Waals surface area contributed by atoms with E-state index in [9.17, 15) is 4.79 Å². The normalized spacial score (nSPS) is 10.8. The van der Waals surface area contributed by atoms with Crippen molar-refractivity contribution in [2.24, 2.45) is 0 Å². The van der Waals surface area contributed by atoms with Gasteiger partial charge in [-0.05, 0) is 24.6 Å². The van der Waals surface area contributed by atoms with Crippen molar-refractivity contribution < 1.29 is 9.15 Å². The van der Waals surface area contributed by atoms with Crippen molar-refractivity contribution in [2.75, 3.05) is 7.11 Å². The van der Waals surface area contributed by atoms with Crippen molar-refractivity contribution in [3.8, 4) is 5.75 Å². The molecule has 0 fully saturated rings. The number of para-hydroxylation sites is 1. The SMILES string of the molecule is COc1cccc2cc(Cc3ccc(C)cc3)c(=O)oc12. The molecule has 3 nitrogen and oxygen atoms in total. The number of rotatable bonds is 3. The van der Waals surface area contributed by atoms with Crippen LogP contribution in [0.25, 0.3) is 11.0 Å². The molecule has 0 atom stereocenters. The molecule has 0 bridgehead atoms. The van der Waals surface area contributed by atoms with Crippen molar-refractivity contribution in [3.63, 3.8) is 0 Å². The van der Waals surface area contributed by atoms with E-state index in [4.69, 9.17) is 9.15 Å². The first kappa shape index (κ1) is 13.4. The van der Waals surface area contributed by atoms with Gasteiger partial charge >= 0.3 is 5.63 Å². The quantitative estimate of drug-likeness (QED) is 0.687. The third kappa shape index (κ3) is 2.68. The van der Waals surface area contributed by atoms with Crippen LogP contribution in [0.5, 0.6) is 5.75 Å². The monoisotopic (exact) mass is 280 g/mol. The molecule has 0 saturated heterocycles. The molecule has 1 heterocycles. The predicted molar refractivity (Wildman–Crippen MR) is 83.0 cm³/mol. The minimum absolute atomic E-state index is 0.312. The van der Waals surface area contributed by atoms with Crippen LogP contribution in [-0.2, 0) is 6.42 Å². The van der Waals surface area contributed by atoms with Gasteiger partial charge < -0.3 is 9.15 Å². The molecular formula is C18H16O3. The van der Waals surface area contributed by atoms with Crippen LogP contribution in [0, 0.1) is 6.92 Å². The van der Waals surface area contributed by atoms with Crippen molar-refractivity contribution in [1.29, 1.82) is 0 Å². The zero-order valence-corrected chi connectivity index (χ0v) is 12.1. The van der Waals surface area contributed by atoms with E-state index in [1.807, 2.05) is 49.4 Å². The third-order valence-electron chi connectivity index (χ3n) is 3.53. The molecule has 3 rings (SSSR count). The number of ether oxygens (including phenoxy) is 1. The number of aryl methyl sites for hydroxylation is 1. The molecule has 2 aromatic carbocycles. The number of hydrogen-bond acceptors (Lipinski definition) is 3. The Bertz CT molecular complexity index is 829. The maximum absolute atomic E-state index is 12.2. The van der Waals surface area contributed by atoms with E-state index in [1.165, 1.54) is 5.56 Å². The lowest BCUT2D eigenvalue weighted by molar-refractivity contribution is 0.406. The molecule has 0 aliphatic heterocycles. The van der Waals surface area contributed by atoms with Crippen molar-refractivity contribution in [3.05, 3.63) is 75.6 Å². The zero-order valence-electron chi connectivity index (χ0n) is 12.1. The van der Waals surface area contributed by atoms with E-state index >= 15 is 0 Å². The molecule has 0 unspecified atom stereocenters. The molecule has 1 aromatic heterocycles. The summed E-state index contributed by atoms with van der Waals surface area (Å²) in [6.45, 7) is 2.04. The van der Waals surface area contributed by atoms with Gasteiger partial charge in [-0.1, -0.05) is 42.0 Å². The lowest BCUT2D eigenvalue weighted by Crippen LogP contribution is -2.08. The van der Waals surface area contributed by atoms with E-state index in [1.54, 1.807) is 13.2 Å². The lowest BCUT2D eigenvalue weighted by Gasteiger charge is -2.06. The Labute approximate surface area is 122 Å². The van der Waals surface area contributed by atoms with Crippen LogP contribution in [0.15, 0.2) is 57.7 Å². The van der Waals surface area contributed by atoms with Gasteiger partial charge in [-0.25, -0.2) is 4.79 Å². The van der Waals surface area contributed by atoms with Gasteiger partial charge in [-0.15, -0.1) is 0 Å². The first-order chi connectivity index (χ1) is 10.2. The second kappa shape index (κ2) is 5.44. The standard InChI is InChI=1S/C18H16O3/c1-12-6-8-13(9-7-12)10-15-11-14-4-3-5-16(20-2)17(14)21-18(15)19/h3-9,11H,10H2,1-2H3. The van der Waals surface area contributed by atoms with Crippen LogP contribution in [0.3, 0.4) is 0 Å². The Morgan fingerprint density at radius 2 is 1.86 bits per heavy atom. The van der Waals surface area contributed by atoms with Crippen molar-refractivity contribution in [2.45, 2.75) is 13.3 Å². The second-order valence-electron chi connectivity index (χ2n) is 5.10. The summed E-state index contributed by atoms with van der Waals surface area (Å²) in [7, 11) is 1.56. The van der Waals surface area contributed by atoms with Gasteiger partial charge in [0.15, 0.2) is 11.3 Å². The Morgan fingerprint density at radius 3 is 2.57 bits per heavy atom. The van der Waals surface area contributed by atoms with Crippen LogP contribution in [0.2, 0.25) is 0 Å². The first-order valence-electron chi connectivity index (χ1n) is 6.82. The van der Waals surface area contributed by atoms with Gasteiger partial charge in [-0.3, -0.25) is 0 Å². The smallest absolute Gasteiger partial charge is 0.339 e. The molecule has 3 aromatic rings. The van der Waals surface area contributed by atoms with Crippen LogP contribution in [0.1, 0.15) is 16.7 Å². The van der Waals surface area contributed by atoms with E-state index in [-0.39, 0.29) is 5.63 Å². The lowest BCUT2D eigenvalue weighted by atomic mass is 10.0. The molecule has 0 aliphatic carbocycles. The molecule has 0 amide bonds. The molecular weight excluding hydrogens is 264 g/mol. The fourth-order valence-electron chi connectivity index (χ4n) is 2.37. The van der Waals surface area contributed by atoms with Gasteiger partial charge in [0.05, 0.1) is 7.11 Å². The van der Waals surface area contributed by atoms with Crippen LogP contribution >= 0.6 is 0 Å². The maximum Gasteiger partial charge on any atom is 0.339 e. The maximum atomic E-state index is 12.2. The van der Waals surface area contributed by atoms with Gasteiger partial charge in [0, 0.05) is 17.4 Å². The van der Waals surface area contributed by atoms with Crippen LogP contribution < -0.4 is 10.4 Å². The highest BCUT2D eigenvalue weighted by molar-refractivity contribution is 5.82. The second-order valence-corrected chi connectivity index (χ2v) is 5.10. The molecule has 0 saturated carbocycles. The summed E-state index contributed by atoms with van der Waals surface area (Å²) in [5, 5.41) is 0.871. The van der Waals surface area contributed by atoms with Crippen LogP contribution in [-0.4, -0.2) is 7.11 Å². The summed E-state index contributed by atoms with van der Waals surface area (Å²) in [5.41, 5.74) is 3.13. The largest absolute Gasteiger partial charge is 0.493 e. The molecule has 0 aliphatic rings. The third-order valence-corrected chi connectivity index (χ3v) is 3.53. The zero-order chi connectivity index (χ0) is 14.8. The Morgan fingerprint density at radius 1 is 1.10 bits per heavy atom. The molecule has 0 N–H and O–H groups in total. The van der Waals surface area contributed by atoms with Crippen LogP contribution in [0.4, 0.5) is 0 Å². The Balaban J connectivity index is 2.05. The summed E-state index contributed by atoms with van der Waals surface area (Å²) < 4.78 is 10.7. The number of benzene rings is 2. The minimum atomic E-state index is -0.312. The highest BCUT2D eigenvalue weighted by atomic mass is 16.5. The Hall–Kier alpha value is -2.55. The number of hydrogen-bond donors (Lipinski definition) is 0. The molecule has 106 valence electrons. The van der Waals surface area contributed by atoms with Gasteiger partial charge in [-0.2, -0.15) is 0 Å². The Kier molecular flexibility index (Phi) is 3.48. The van der Waals surface area contributed by atoms with Gasteiger partial charge in [0.25, 0.3) is 0 Å². The van der Waals surface area contributed by atoms with E-state index < -0.39 is 0 Å². The van der Waals surface area contributed by atoms with Gasteiger partial charge in [0.2, 0.25) is 0 Å². The average Bonchev–Trinajstić information content (AvgIpc) is 2.50. The topological polar surface area (TPSA) is 39.4 Å². The van der Waals surface area contributed by atoms with E-state index in [2.05, 4.69) is 0 Å². The van der Waals surface area contributed by atoms with Crippen molar-refractivity contribution in [1.82, 2.24) is 0 Å². The minimum Gasteiger partial charge on any atom is -0.493 e. The molecule has 21 heavy (non-hydrogen) atoms. The average molecular weight is 280 g/mol. The molecule has 0 spiro atoms. The number of methoxy groups -OCH3 is 1. The molecule has 3 heteroatoms. The summed E-state index contributed by atoms with van der Waals surface area (Å²) in [6.07, 6.45) is 0.565. The highest BCUT2D eigenvalue weighted by Crippen LogP contribution is 2.24. The fourth-order valence-corrected chi connectivity index (χ4v) is 2.37. The summed E-state index contributed by atoms with van der Waals surface area (Å²) >= 11 is 0. The van der Waals surface area contributed by atoms with E-state index in [0.29, 0.717) is 23.3 Å². The fraction of sp³-hybridized carbons (Fsp3) is 0.167. The summed E-state index contributed by atoms with van der Waals surface area (Å²) in [6, 6.07) is 15.6. The summed E-state index contributed by atoms with van der Waals surface area (Å²) in [4.78, 5) is 12.2. The van der Waals surface area contributed by atoms with Crippen molar-refractivity contribution >= 4 is 11.0 Å². The highest BCUT2D eigenvalue weighted by Gasteiger charge is 2.09. The predicted octanol–water partition coefficient (Wildman–Crippen LogP) is 3.70. The molecule has 0 radical (unpaired) electrons. The van der Waals surface area contributed by atoms with E-state index in [0.717, 1.165) is 10.9 Å². The summed E-state index contributed by atoms with van der Waals surface area (Å²) in [5.74, 6) is 0.575.